The smallest absolute Gasteiger partial charge is 0.170 e. The molecule has 0 spiro atoms. The van der Waals surface area contributed by atoms with E-state index in [0.29, 0.717) is 17.3 Å². The van der Waals surface area contributed by atoms with Crippen molar-refractivity contribution in [2.75, 3.05) is 5.73 Å². The molecule has 2 aromatic heterocycles. The second-order valence-electron chi connectivity index (χ2n) is 3.54. The minimum absolute atomic E-state index is 0.361. The van der Waals surface area contributed by atoms with E-state index < -0.39 is 0 Å². The summed E-state index contributed by atoms with van der Waals surface area (Å²) >= 11 is 3.38. The second kappa shape index (κ2) is 3.85. The zero-order valence-corrected chi connectivity index (χ0v) is 10.3. The third-order valence-corrected chi connectivity index (χ3v) is 3.05. The quantitative estimate of drug-likeness (QED) is 0.747. The lowest BCUT2D eigenvalue weighted by Gasteiger charge is -2.04. The highest BCUT2D eigenvalue weighted by Crippen LogP contribution is 2.31. The summed E-state index contributed by atoms with van der Waals surface area (Å²) in [4.78, 5) is 8.77. The fourth-order valence-corrected chi connectivity index (χ4v) is 2.03. The summed E-state index contributed by atoms with van der Waals surface area (Å²) in [7, 11) is 0. The van der Waals surface area contributed by atoms with Crippen LogP contribution in [-0.2, 0) is 0 Å². The minimum atomic E-state index is 0.361. The Kier molecular flexibility index (Phi) is 2.33. The number of halogens is 1. The Bertz CT molecular complexity index is 693. The number of furan rings is 1. The van der Waals surface area contributed by atoms with Gasteiger partial charge in [0.15, 0.2) is 11.6 Å². The van der Waals surface area contributed by atoms with E-state index in [1.54, 1.807) is 12.3 Å². The number of aromatic nitrogens is 2. The van der Waals surface area contributed by atoms with Gasteiger partial charge >= 0.3 is 0 Å². The van der Waals surface area contributed by atoms with E-state index in [9.17, 15) is 0 Å². The van der Waals surface area contributed by atoms with Crippen LogP contribution in [0, 0.1) is 0 Å². The SMILES string of the molecule is Nc1nc2ccccc2nc1-c1occc1Br. The molecule has 0 aliphatic heterocycles. The van der Waals surface area contributed by atoms with Crippen LogP contribution < -0.4 is 5.73 Å². The molecule has 0 unspecified atom stereocenters. The van der Waals surface area contributed by atoms with Gasteiger partial charge in [-0.25, -0.2) is 9.97 Å². The molecule has 2 N–H and O–H groups in total. The van der Waals surface area contributed by atoms with Crippen LogP contribution in [0.15, 0.2) is 45.5 Å². The highest BCUT2D eigenvalue weighted by Gasteiger charge is 2.14. The number of para-hydroxylation sites is 2. The van der Waals surface area contributed by atoms with E-state index in [-0.39, 0.29) is 0 Å². The van der Waals surface area contributed by atoms with Gasteiger partial charge in [-0.2, -0.15) is 0 Å². The lowest BCUT2D eigenvalue weighted by atomic mass is 10.2. The zero-order valence-electron chi connectivity index (χ0n) is 8.72. The Morgan fingerprint density at radius 2 is 1.76 bits per heavy atom. The molecule has 0 saturated heterocycles. The van der Waals surface area contributed by atoms with Gasteiger partial charge in [-0.3, -0.25) is 0 Å². The first kappa shape index (κ1) is 10.3. The highest BCUT2D eigenvalue weighted by molar-refractivity contribution is 9.10. The van der Waals surface area contributed by atoms with Gasteiger partial charge in [0.2, 0.25) is 0 Å². The van der Waals surface area contributed by atoms with Crippen molar-refractivity contribution in [3.63, 3.8) is 0 Å². The Balaban J connectivity index is 2.30. The summed E-state index contributed by atoms with van der Waals surface area (Å²) in [5.41, 5.74) is 8.01. The summed E-state index contributed by atoms with van der Waals surface area (Å²) < 4.78 is 6.16. The van der Waals surface area contributed by atoms with Crippen LogP contribution in [0.4, 0.5) is 5.82 Å². The van der Waals surface area contributed by atoms with Crippen LogP contribution in [0.3, 0.4) is 0 Å². The maximum Gasteiger partial charge on any atom is 0.170 e. The average Bonchev–Trinajstić information content (AvgIpc) is 2.74. The number of fused-ring (bicyclic) bond motifs is 1. The van der Waals surface area contributed by atoms with Gasteiger partial charge in [-0.1, -0.05) is 12.1 Å². The van der Waals surface area contributed by atoms with Crippen molar-refractivity contribution in [3.8, 4) is 11.5 Å². The standard InChI is InChI=1S/C12H8BrN3O/c13-7-5-6-17-11(7)10-12(14)16-9-4-2-1-3-8(9)15-10/h1-6H,(H2,14,16). The number of nitrogens with zero attached hydrogens (tertiary/aromatic N) is 2. The molecule has 84 valence electrons. The number of nitrogens with two attached hydrogens (primary N) is 1. The first-order valence-electron chi connectivity index (χ1n) is 5.01. The van der Waals surface area contributed by atoms with Crippen LogP contribution in [-0.4, -0.2) is 9.97 Å². The Labute approximate surface area is 106 Å². The molecule has 1 aromatic carbocycles. The maximum absolute atomic E-state index is 5.89. The molecule has 0 aliphatic rings. The topological polar surface area (TPSA) is 64.9 Å². The third kappa shape index (κ3) is 1.68. The van der Waals surface area contributed by atoms with Gasteiger partial charge in [-0.15, -0.1) is 0 Å². The van der Waals surface area contributed by atoms with Crippen molar-refractivity contribution in [2.45, 2.75) is 0 Å². The fourth-order valence-electron chi connectivity index (χ4n) is 1.64. The van der Waals surface area contributed by atoms with Crippen LogP contribution in [0.2, 0.25) is 0 Å². The highest BCUT2D eigenvalue weighted by atomic mass is 79.9. The molecular weight excluding hydrogens is 282 g/mol. The molecule has 4 nitrogen and oxygen atoms in total. The van der Waals surface area contributed by atoms with Gasteiger partial charge in [0.05, 0.1) is 21.8 Å². The molecule has 17 heavy (non-hydrogen) atoms. The molecule has 2 heterocycles. The monoisotopic (exact) mass is 289 g/mol. The lowest BCUT2D eigenvalue weighted by Crippen LogP contribution is -1.98. The summed E-state index contributed by atoms with van der Waals surface area (Å²) in [5.74, 6) is 0.958. The van der Waals surface area contributed by atoms with Gasteiger partial charge in [0.25, 0.3) is 0 Å². The van der Waals surface area contributed by atoms with Gasteiger partial charge in [0, 0.05) is 0 Å². The molecule has 5 heteroatoms. The number of hydrogen-bond acceptors (Lipinski definition) is 4. The number of nitrogen functional groups attached to an aromatic ring is 1. The number of rotatable bonds is 1. The van der Waals surface area contributed by atoms with Crippen molar-refractivity contribution >= 4 is 32.8 Å². The fraction of sp³-hybridized carbons (Fsp3) is 0. The van der Waals surface area contributed by atoms with E-state index in [1.165, 1.54) is 0 Å². The molecular formula is C12H8BrN3O. The van der Waals surface area contributed by atoms with E-state index in [4.69, 9.17) is 10.2 Å². The Morgan fingerprint density at radius 3 is 2.41 bits per heavy atom. The molecule has 0 atom stereocenters. The summed E-state index contributed by atoms with van der Waals surface area (Å²) in [5, 5.41) is 0. The number of hydrogen-bond donors (Lipinski definition) is 1. The predicted molar refractivity (Wildman–Crippen MR) is 69.4 cm³/mol. The van der Waals surface area contributed by atoms with Gasteiger partial charge in [-0.05, 0) is 34.1 Å². The van der Waals surface area contributed by atoms with Crippen molar-refractivity contribution < 1.29 is 4.42 Å². The van der Waals surface area contributed by atoms with Gasteiger partial charge in [0.1, 0.15) is 5.69 Å². The first-order chi connectivity index (χ1) is 8.25. The molecule has 3 aromatic rings. The van der Waals surface area contributed by atoms with Crippen molar-refractivity contribution in [1.82, 2.24) is 9.97 Å². The normalized spacial score (nSPS) is 10.9. The van der Waals surface area contributed by atoms with Crippen molar-refractivity contribution in [3.05, 3.63) is 41.1 Å². The maximum atomic E-state index is 5.89. The summed E-state index contributed by atoms with van der Waals surface area (Å²) in [6.45, 7) is 0. The van der Waals surface area contributed by atoms with Crippen LogP contribution in [0.5, 0.6) is 0 Å². The molecule has 3 rings (SSSR count). The van der Waals surface area contributed by atoms with Crippen molar-refractivity contribution in [1.29, 1.82) is 0 Å². The molecule has 0 bridgehead atoms. The zero-order chi connectivity index (χ0) is 11.8. The molecule has 0 amide bonds. The molecule has 0 fully saturated rings. The van der Waals surface area contributed by atoms with E-state index >= 15 is 0 Å². The average molecular weight is 290 g/mol. The second-order valence-corrected chi connectivity index (χ2v) is 4.40. The van der Waals surface area contributed by atoms with Crippen LogP contribution >= 0.6 is 15.9 Å². The lowest BCUT2D eigenvalue weighted by molar-refractivity contribution is 0.579. The Hall–Kier alpha value is -1.88. The summed E-state index contributed by atoms with van der Waals surface area (Å²) in [6.07, 6.45) is 1.58. The number of benzene rings is 1. The third-order valence-electron chi connectivity index (χ3n) is 2.43. The molecule has 0 radical (unpaired) electrons. The first-order valence-corrected chi connectivity index (χ1v) is 5.80. The molecule has 0 aliphatic carbocycles. The minimum Gasteiger partial charge on any atom is -0.461 e. The van der Waals surface area contributed by atoms with E-state index in [0.717, 1.165) is 15.5 Å². The van der Waals surface area contributed by atoms with Crippen LogP contribution in [0.25, 0.3) is 22.5 Å². The van der Waals surface area contributed by atoms with Crippen molar-refractivity contribution in [2.24, 2.45) is 0 Å². The van der Waals surface area contributed by atoms with Gasteiger partial charge < -0.3 is 10.2 Å². The largest absolute Gasteiger partial charge is 0.461 e. The predicted octanol–water partition coefficient (Wildman–Crippen LogP) is 3.23. The summed E-state index contributed by atoms with van der Waals surface area (Å²) in [6, 6.07) is 9.38. The van der Waals surface area contributed by atoms with Crippen LogP contribution in [0.1, 0.15) is 0 Å². The molecule has 0 saturated carbocycles. The Morgan fingerprint density at radius 1 is 1.06 bits per heavy atom. The number of anilines is 1. The van der Waals surface area contributed by atoms with E-state index in [2.05, 4.69) is 25.9 Å². The van der Waals surface area contributed by atoms with E-state index in [1.807, 2.05) is 24.3 Å².